The smallest absolute Gasteiger partial charge is 0.408 e. The van der Waals surface area contributed by atoms with Gasteiger partial charge >= 0.3 is 17.7 Å². The number of rotatable bonds is 5. The van der Waals surface area contributed by atoms with Crippen LogP contribution >= 0.6 is 0 Å². The number of carbonyl (C=O) groups is 1. The van der Waals surface area contributed by atoms with Crippen molar-refractivity contribution < 1.29 is 27.1 Å². The van der Waals surface area contributed by atoms with Crippen LogP contribution in [0.3, 0.4) is 0 Å². The van der Waals surface area contributed by atoms with Crippen LogP contribution in [0.2, 0.25) is 0 Å². The topological polar surface area (TPSA) is 137 Å². The average Bonchev–Trinajstić information content (AvgIpc) is 3.31. The van der Waals surface area contributed by atoms with E-state index in [0.29, 0.717) is 0 Å². The number of aromatic nitrogens is 5. The molecular formula is C18H17F4N7O4. The normalized spacial score (nSPS) is 18.6. The number of carbonyl (C=O) groups excluding carboxylic acids is 1. The van der Waals surface area contributed by atoms with Crippen LogP contribution in [-0.2, 0) is 4.74 Å². The van der Waals surface area contributed by atoms with Crippen LogP contribution in [0.4, 0.5) is 28.0 Å². The number of ether oxygens (including phenoxy) is 1. The fraction of sp³-hybridized carbons (Fsp3) is 0.389. The number of anilines is 1. The lowest BCUT2D eigenvalue weighted by atomic mass is 10.2. The van der Waals surface area contributed by atoms with Gasteiger partial charge in [-0.25, -0.2) is 36.7 Å². The monoisotopic (exact) mass is 471 g/mol. The summed E-state index contributed by atoms with van der Waals surface area (Å²) in [5, 5.41) is 6.02. The first-order valence-corrected chi connectivity index (χ1v) is 9.60. The van der Waals surface area contributed by atoms with Crippen molar-refractivity contribution in [3.05, 3.63) is 45.5 Å². The number of hydrogen-bond donors (Lipinski definition) is 3. The molecule has 0 radical (unpaired) electrons. The van der Waals surface area contributed by atoms with Crippen molar-refractivity contribution in [2.75, 3.05) is 18.0 Å². The summed E-state index contributed by atoms with van der Waals surface area (Å²) in [5.74, 6) is -3.51. The SMILES string of the molecule is CC(NC(=O)O[C@H]1CN(c2cc(-c3c[nH]c(=O)[nH]c3=O)nn3ccnc23)CC1(F)F)C(F)F. The van der Waals surface area contributed by atoms with Gasteiger partial charge < -0.3 is 19.9 Å². The minimum Gasteiger partial charge on any atom is -0.438 e. The number of fused-ring (bicyclic) bond motifs is 1. The van der Waals surface area contributed by atoms with Crippen molar-refractivity contribution >= 4 is 17.4 Å². The number of amides is 1. The highest BCUT2D eigenvalue weighted by Gasteiger charge is 2.51. The van der Waals surface area contributed by atoms with E-state index in [-0.39, 0.29) is 22.6 Å². The van der Waals surface area contributed by atoms with Gasteiger partial charge in [-0.1, -0.05) is 0 Å². The third-order valence-corrected chi connectivity index (χ3v) is 5.01. The van der Waals surface area contributed by atoms with Crippen molar-refractivity contribution in [3.8, 4) is 11.3 Å². The quantitative estimate of drug-likeness (QED) is 0.472. The minimum atomic E-state index is -3.51. The number of imidazole rings is 1. The van der Waals surface area contributed by atoms with Crippen LogP contribution < -0.4 is 21.5 Å². The Labute approximate surface area is 181 Å². The molecule has 3 aromatic heterocycles. The molecule has 15 heteroatoms. The van der Waals surface area contributed by atoms with Crippen molar-refractivity contribution in [1.29, 1.82) is 0 Å². The molecule has 3 N–H and O–H groups in total. The standard InChI is InChI=1S/C18H17F4N7O4/c1-8(13(19)20)25-17(32)33-12-6-28(7-18(12,21)22)11-4-10(27-29-3-2-23-14(11)29)9-5-24-16(31)26-15(9)30/h2-5,8,12-13H,6-7H2,1H3,(H,25,32)(H2,24,26,30,31)/t8?,12-/m0/s1. The number of nitrogens with one attached hydrogen (secondary N) is 3. The van der Waals surface area contributed by atoms with Gasteiger partial charge in [0.25, 0.3) is 12.0 Å². The lowest BCUT2D eigenvalue weighted by Crippen LogP contribution is -2.43. The largest absolute Gasteiger partial charge is 0.438 e. The van der Waals surface area contributed by atoms with Crippen LogP contribution in [0.5, 0.6) is 0 Å². The summed E-state index contributed by atoms with van der Waals surface area (Å²) in [6.45, 7) is -0.336. The van der Waals surface area contributed by atoms with E-state index in [1.807, 2.05) is 5.32 Å². The first-order chi connectivity index (χ1) is 15.5. The molecule has 1 aliphatic rings. The van der Waals surface area contributed by atoms with E-state index in [0.717, 1.165) is 13.1 Å². The van der Waals surface area contributed by atoms with Crippen LogP contribution in [0.25, 0.3) is 16.9 Å². The molecule has 0 bridgehead atoms. The maximum Gasteiger partial charge on any atom is 0.408 e. The fourth-order valence-electron chi connectivity index (χ4n) is 3.34. The van der Waals surface area contributed by atoms with Gasteiger partial charge in [0.1, 0.15) is 5.69 Å². The van der Waals surface area contributed by atoms with Gasteiger partial charge in [0.2, 0.25) is 0 Å². The first kappa shape index (κ1) is 22.3. The van der Waals surface area contributed by atoms with Crippen LogP contribution in [-0.4, -0.2) is 68.2 Å². The Morgan fingerprint density at radius 3 is 2.82 bits per heavy atom. The lowest BCUT2D eigenvalue weighted by molar-refractivity contribution is -0.0774. The van der Waals surface area contributed by atoms with E-state index >= 15 is 0 Å². The number of alkyl carbamates (subject to hydrolysis) is 1. The molecule has 2 atom stereocenters. The van der Waals surface area contributed by atoms with Gasteiger partial charge in [-0.15, -0.1) is 0 Å². The maximum atomic E-state index is 14.6. The maximum absolute atomic E-state index is 14.6. The number of alkyl halides is 4. The van der Waals surface area contributed by atoms with Crippen molar-refractivity contribution in [2.24, 2.45) is 0 Å². The molecule has 33 heavy (non-hydrogen) atoms. The third-order valence-electron chi connectivity index (χ3n) is 5.01. The molecule has 3 aromatic rings. The number of halogens is 4. The second-order valence-corrected chi connectivity index (χ2v) is 7.40. The minimum absolute atomic E-state index is 0.0226. The molecule has 1 amide bonds. The van der Waals surface area contributed by atoms with Crippen molar-refractivity contribution in [2.45, 2.75) is 31.4 Å². The molecular weight excluding hydrogens is 454 g/mol. The van der Waals surface area contributed by atoms with Gasteiger partial charge in [-0.05, 0) is 13.0 Å². The zero-order chi connectivity index (χ0) is 23.9. The molecule has 1 unspecified atom stereocenters. The Bertz CT molecular complexity index is 1300. The van der Waals surface area contributed by atoms with Crippen LogP contribution in [0.1, 0.15) is 6.92 Å². The van der Waals surface area contributed by atoms with Gasteiger partial charge in [0.05, 0.1) is 30.4 Å². The predicted molar refractivity (Wildman–Crippen MR) is 106 cm³/mol. The molecule has 0 aromatic carbocycles. The van der Waals surface area contributed by atoms with Crippen molar-refractivity contribution in [1.82, 2.24) is 29.9 Å². The Kier molecular flexibility index (Phi) is 5.55. The molecule has 1 aliphatic heterocycles. The van der Waals surface area contributed by atoms with Gasteiger partial charge in [-0.2, -0.15) is 5.10 Å². The average molecular weight is 471 g/mol. The number of aromatic amines is 2. The molecule has 0 aliphatic carbocycles. The summed E-state index contributed by atoms with van der Waals surface area (Å²) in [7, 11) is 0. The molecule has 0 spiro atoms. The van der Waals surface area contributed by atoms with E-state index in [9.17, 15) is 31.9 Å². The van der Waals surface area contributed by atoms with Crippen LogP contribution in [0, 0.1) is 0 Å². The number of nitrogens with zero attached hydrogens (tertiary/aromatic N) is 4. The van der Waals surface area contributed by atoms with E-state index in [4.69, 9.17) is 4.74 Å². The second-order valence-electron chi connectivity index (χ2n) is 7.40. The summed E-state index contributed by atoms with van der Waals surface area (Å²) >= 11 is 0. The number of H-pyrrole nitrogens is 2. The molecule has 11 nitrogen and oxygen atoms in total. The summed E-state index contributed by atoms with van der Waals surface area (Å²) in [6, 6.07) is -0.242. The lowest BCUT2D eigenvalue weighted by Gasteiger charge is -2.20. The molecule has 176 valence electrons. The van der Waals surface area contributed by atoms with E-state index in [1.165, 1.54) is 27.9 Å². The second kappa shape index (κ2) is 8.22. The predicted octanol–water partition coefficient (Wildman–Crippen LogP) is 0.977. The molecule has 4 rings (SSSR count). The Hall–Kier alpha value is -3.91. The highest BCUT2D eigenvalue weighted by molar-refractivity contribution is 5.75. The summed E-state index contributed by atoms with van der Waals surface area (Å²) in [5.41, 5.74) is -1.09. The summed E-state index contributed by atoms with van der Waals surface area (Å²) in [6.07, 6.45) is -2.27. The van der Waals surface area contributed by atoms with Crippen molar-refractivity contribution in [3.63, 3.8) is 0 Å². The van der Waals surface area contributed by atoms with Gasteiger partial charge in [-0.3, -0.25) is 9.78 Å². The van der Waals surface area contributed by atoms with Crippen LogP contribution in [0.15, 0.2) is 34.2 Å². The zero-order valence-corrected chi connectivity index (χ0v) is 16.9. The van der Waals surface area contributed by atoms with E-state index < -0.39 is 54.9 Å². The molecule has 1 fully saturated rings. The summed E-state index contributed by atoms with van der Waals surface area (Å²) < 4.78 is 60.4. The Morgan fingerprint density at radius 1 is 1.36 bits per heavy atom. The highest BCUT2D eigenvalue weighted by atomic mass is 19.3. The third kappa shape index (κ3) is 4.38. The molecule has 4 heterocycles. The Balaban J connectivity index is 1.65. The number of hydrogen-bond acceptors (Lipinski definition) is 7. The Morgan fingerprint density at radius 2 is 2.12 bits per heavy atom. The molecule has 0 saturated carbocycles. The molecule has 1 saturated heterocycles. The van der Waals surface area contributed by atoms with Gasteiger partial charge in [0.15, 0.2) is 11.8 Å². The van der Waals surface area contributed by atoms with Gasteiger partial charge in [0, 0.05) is 18.6 Å². The highest BCUT2D eigenvalue weighted by Crippen LogP contribution is 2.35. The fourth-order valence-corrected chi connectivity index (χ4v) is 3.34. The van der Waals surface area contributed by atoms with E-state index in [2.05, 4.69) is 20.1 Å². The summed E-state index contributed by atoms with van der Waals surface area (Å²) in [4.78, 5) is 44.9. The first-order valence-electron chi connectivity index (χ1n) is 9.60. The zero-order valence-electron chi connectivity index (χ0n) is 16.9. The van der Waals surface area contributed by atoms with E-state index in [1.54, 1.807) is 0 Å².